The summed E-state index contributed by atoms with van der Waals surface area (Å²) < 4.78 is 34.0. The molecule has 1 amide bonds. The van der Waals surface area contributed by atoms with Crippen molar-refractivity contribution in [1.82, 2.24) is 14.7 Å². The van der Waals surface area contributed by atoms with Crippen molar-refractivity contribution in [1.29, 1.82) is 0 Å². The standard InChI is InChI=1S/C21H18FN3O3S/c22-14-6-7-18-16(12-14)20-17(13-29(18)27)19(21(26)24-8-10-28-11-9-24)23-25(20)15-4-2-1-3-5-15/h1-7,12H,8-11,13H2. The van der Waals surface area contributed by atoms with Crippen LogP contribution in [0.1, 0.15) is 16.1 Å². The summed E-state index contributed by atoms with van der Waals surface area (Å²) in [6.45, 7) is 1.93. The summed E-state index contributed by atoms with van der Waals surface area (Å²) in [4.78, 5) is 15.5. The second-order valence-electron chi connectivity index (χ2n) is 6.96. The molecule has 148 valence electrons. The van der Waals surface area contributed by atoms with E-state index in [9.17, 15) is 13.4 Å². The maximum absolute atomic E-state index is 14.1. The molecule has 0 saturated carbocycles. The smallest absolute Gasteiger partial charge is 0.274 e. The molecule has 29 heavy (non-hydrogen) atoms. The van der Waals surface area contributed by atoms with Gasteiger partial charge in [0.25, 0.3) is 5.91 Å². The summed E-state index contributed by atoms with van der Waals surface area (Å²) in [7, 11) is -1.38. The fourth-order valence-corrected chi connectivity index (χ4v) is 5.11. The molecular weight excluding hydrogens is 393 g/mol. The lowest BCUT2D eigenvalue weighted by Gasteiger charge is -2.26. The zero-order chi connectivity index (χ0) is 20.0. The summed E-state index contributed by atoms with van der Waals surface area (Å²) in [5.74, 6) is -0.460. The highest BCUT2D eigenvalue weighted by molar-refractivity contribution is 7.84. The van der Waals surface area contributed by atoms with Crippen molar-refractivity contribution in [3.05, 3.63) is 65.6 Å². The van der Waals surface area contributed by atoms with Crippen LogP contribution in [0.15, 0.2) is 53.4 Å². The number of ether oxygens (including phenoxy) is 1. The second kappa shape index (κ2) is 7.20. The van der Waals surface area contributed by atoms with Gasteiger partial charge in [-0.05, 0) is 30.3 Å². The number of morpholine rings is 1. The lowest BCUT2D eigenvalue weighted by Crippen LogP contribution is -2.41. The number of benzene rings is 2. The first-order valence-corrected chi connectivity index (χ1v) is 10.7. The number of hydrogen-bond acceptors (Lipinski definition) is 4. The second-order valence-corrected chi connectivity index (χ2v) is 8.38. The monoisotopic (exact) mass is 411 g/mol. The van der Waals surface area contributed by atoms with E-state index < -0.39 is 16.6 Å². The minimum Gasteiger partial charge on any atom is -0.378 e. The van der Waals surface area contributed by atoms with Crippen LogP contribution in [0.3, 0.4) is 0 Å². The van der Waals surface area contributed by atoms with Crippen LogP contribution >= 0.6 is 0 Å². The molecule has 0 bridgehead atoms. The van der Waals surface area contributed by atoms with Gasteiger partial charge in [0, 0.05) is 29.1 Å². The van der Waals surface area contributed by atoms with Crippen LogP contribution in [0.2, 0.25) is 0 Å². The number of carbonyl (C=O) groups excluding carboxylic acids is 1. The molecule has 3 heterocycles. The molecule has 2 aromatic carbocycles. The largest absolute Gasteiger partial charge is 0.378 e. The SMILES string of the molecule is O=C(c1nn(-c2ccccc2)c2c1CS(=O)c1ccc(F)cc1-2)N1CCOCC1. The van der Waals surface area contributed by atoms with Crippen molar-refractivity contribution in [3.63, 3.8) is 0 Å². The van der Waals surface area contributed by atoms with Crippen molar-refractivity contribution in [2.24, 2.45) is 0 Å². The molecule has 0 N–H and O–H groups in total. The van der Waals surface area contributed by atoms with Gasteiger partial charge in [-0.15, -0.1) is 0 Å². The Morgan fingerprint density at radius 3 is 2.62 bits per heavy atom. The number of hydrogen-bond donors (Lipinski definition) is 0. The number of fused-ring (bicyclic) bond motifs is 3. The van der Waals surface area contributed by atoms with E-state index >= 15 is 0 Å². The molecule has 5 rings (SSSR count). The summed E-state index contributed by atoms with van der Waals surface area (Å²) in [6.07, 6.45) is 0. The van der Waals surface area contributed by atoms with Crippen LogP contribution in [0.5, 0.6) is 0 Å². The number of rotatable bonds is 2. The van der Waals surface area contributed by atoms with E-state index in [4.69, 9.17) is 4.74 Å². The van der Waals surface area contributed by atoms with Gasteiger partial charge in [0.2, 0.25) is 0 Å². The Labute approximate surface area is 169 Å². The van der Waals surface area contributed by atoms with Gasteiger partial charge in [0.15, 0.2) is 5.69 Å². The minimum atomic E-state index is -1.38. The van der Waals surface area contributed by atoms with E-state index in [2.05, 4.69) is 5.10 Å². The van der Waals surface area contributed by atoms with E-state index in [1.165, 1.54) is 12.1 Å². The lowest BCUT2D eigenvalue weighted by atomic mass is 10.0. The Morgan fingerprint density at radius 1 is 1.10 bits per heavy atom. The number of amides is 1. The van der Waals surface area contributed by atoms with Crippen LogP contribution in [0.25, 0.3) is 16.9 Å². The third-order valence-electron chi connectivity index (χ3n) is 5.20. The first kappa shape index (κ1) is 18.2. The maximum Gasteiger partial charge on any atom is 0.274 e. The lowest BCUT2D eigenvalue weighted by molar-refractivity contribution is 0.0298. The average molecular weight is 411 g/mol. The fraction of sp³-hybridized carbons (Fsp3) is 0.238. The van der Waals surface area contributed by atoms with Crippen molar-refractivity contribution in [2.45, 2.75) is 10.6 Å². The molecule has 1 unspecified atom stereocenters. The van der Waals surface area contributed by atoms with E-state index in [-0.39, 0.29) is 17.4 Å². The number of para-hydroxylation sites is 1. The van der Waals surface area contributed by atoms with Crippen LogP contribution in [0.4, 0.5) is 4.39 Å². The first-order valence-electron chi connectivity index (χ1n) is 9.36. The highest BCUT2D eigenvalue weighted by Gasteiger charge is 2.34. The predicted molar refractivity (Wildman–Crippen MR) is 106 cm³/mol. The minimum absolute atomic E-state index is 0.173. The summed E-state index contributed by atoms with van der Waals surface area (Å²) in [5, 5.41) is 4.63. The predicted octanol–water partition coefficient (Wildman–Crippen LogP) is 2.77. The van der Waals surface area contributed by atoms with Crippen LogP contribution < -0.4 is 0 Å². The number of aromatic nitrogens is 2. The maximum atomic E-state index is 14.1. The number of carbonyl (C=O) groups is 1. The van der Waals surface area contributed by atoms with Crippen molar-refractivity contribution < 1.29 is 18.1 Å². The molecule has 6 nitrogen and oxygen atoms in total. The van der Waals surface area contributed by atoms with Crippen molar-refractivity contribution in [3.8, 4) is 16.9 Å². The van der Waals surface area contributed by atoms with Gasteiger partial charge < -0.3 is 9.64 Å². The Bertz CT molecular complexity index is 1120. The van der Waals surface area contributed by atoms with E-state index in [0.717, 1.165) is 5.69 Å². The Kier molecular flexibility index (Phi) is 4.52. The Morgan fingerprint density at radius 2 is 1.86 bits per heavy atom. The number of nitrogens with zero attached hydrogens (tertiary/aromatic N) is 3. The molecule has 8 heteroatoms. The molecule has 0 radical (unpaired) electrons. The zero-order valence-corrected chi connectivity index (χ0v) is 16.3. The van der Waals surface area contributed by atoms with Crippen molar-refractivity contribution in [2.75, 3.05) is 26.3 Å². The summed E-state index contributed by atoms with van der Waals surface area (Å²) in [6, 6.07) is 13.6. The molecular formula is C21H18FN3O3S. The highest BCUT2D eigenvalue weighted by atomic mass is 32.2. The fourth-order valence-electron chi connectivity index (χ4n) is 3.80. The summed E-state index contributed by atoms with van der Waals surface area (Å²) in [5.41, 5.74) is 2.77. The van der Waals surface area contributed by atoms with Gasteiger partial charge >= 0.3 is 0 Å². The molecule has 3 aromatic rings. The van der Waals surface area contributed by atoms with E-state index in [1.54, 1.807) is 15.6 Å². The van der Waals surface area contributed by atoms with Gasteiger partial charge in [-0.2, -0.15) is 5.10 Å². The highest BCUT2D eigenvalue weighted by Crippen LogP contribution is 2.39. The molecule has 2 aliphatic heterocycles. The molecule has 1 aromatic heterocycles. The molecule has 0 aliphatic carbocycles. The van der Waals surface area contributed by atoms with Crippen molar-refractivity contribution >= 4 is 16.7 Å². The molecule has 1 atom stereocenters. The zero-order valence-electron chi connectivity index (χ0n) is 15.5. The van der Waals surface area contributed by atoms with Gasteiger partial charge in [-0.25, -0.2) is 9.07 Å². The number of halogens is 1. The van der Waals surface area contributed by atoms with Gasteiger partial charge in [0.1, 0.15) is 5.82 Å². The topological polar surface area (TPSA) is 64.4 Å². The van der Waals surface area contributed by atoms with E-state index in [1.807, 2.05) is 30.3 Å². The third kappa shape index (κ3) is 3.08. The Hall–Kier alpha value is -2.84. The third-order valence-corrected chi connectivity index (χ3v) is 6.60. The van der Waals surface area contributed by atoms with E-state index in [0.29, 0.717) is 48.0 Å². The van der Waals surface area contributed by atoms with Crippen LogP contribution in [0, 0.1) is 5.82 Å². The molecule has 1 fully saturated rings. The van der Waals surface area contributed by atoms with Gasteiger partial charge in [0.05, 0.1) is 41.1 Å². The Balaban J connectivity index is 1.73. The summed E-state index contributed by atoms with van der Waals surface area (Å²) >= 11 is 0. The van der Waals surface area contributed by atoms with Crippen LogP contribution in [-0.2, 0) is 21.3 Å². The van der Waals surface area contributed by atoms with Gasteiger partial charge in [-0.3, -0.25) is 9.00 Å². The quantitative estimate of drug-likeness (QED) is 0.651. The average Bonchev–Trinajstić information content (AvgIpc) is 3.14. The van der Waals surface area contributed by atoms with Gasteiger partial charge in [-0.1, -0.05) is 18.2 Å². The molecule has 1 saturated heterocycles. The first-order chi connectivity index (χ1) is 14.1. The molecule has 2 aliphatic rings. The van der Waals surface area contributed by atoms with Crippen LogP contribution in [-0.4, -0.2) is 51.1 Å². The molecule has 0 spiro atoms. The normalized spacial score (nSPS) is 18.2.